The van der Waals surface area contributed by atoms with Crippen LogP contribution in [0, 0.1) is 5.92 Å². The fraction of sp³-hybridized carbons (Fsp3) is 0.241. The molecule has 1 heterocycles. The van der Waals surface area contributed by atoms with Gasteiger partial charge in [-0.2, -0.15) is 0 Å². The summed E-state index contributed by atoms with van der Waals surface area (Å²) in [6.45, 7) is 4.81. The second kappa shape index (κ2) is 11.4. The van der Waals surface area contributed by atoms with Crippen LogP contribution in [0.25, 0.3) is 22.3 Å². The topological polar surface area (TPSA) is 101 Å². The molecule has 4 rings (SSSR count). The molecule has 3 aromatic carbocycles. The Balaban J connectivity index is 1.32. The van der Waals surface area contributed by atoms with Gasteiger partial charge in [-0.05, 0) is 66.6 Å². The fourth-order valence-electron chi connectivity index (χ4n) is 3.74. The summed E-state index contributed by atoms with van der Waals surface area (Å²) in [6.07, 6.45) is -0.107. The van der Waals surface area contributed by atoms with E-state index in [-0.39, 0.29) is 24.9 Å². The summed E-state index contributed by atoms with van der Waals surface area (Å²) in [5, 5.41) is 15.8. The maximum absolute atomic E-state index is 12.1. The SMILES string of the molecule is CC(C)C(COc1ccc(-c2cc3ccccc3o2)cc1)Nc1ccc(C(=O)NCCC(=O)O)cc1. The van der Waals surface area contributed by atoms with Gasteiger partial charge < -0.3 is 24.9 Å². The number of para-hydroxylation sites is 1. The number of amides is 1. The number of carboxylic acids is 1. The van der Waals surface area contributed by atoms with Gasteiger partial charge in [0.2, 0.25) is 0 Å². The summed E-state index contributed by atoms with van der Waals surface area (Å²) in [5.41, 5.74) is 3.21. The Morgan fingerprint density at radius 2 is 1.69 bits per heavy atom. The molecule has 0 saturated heterocycles. The molecule has 3 N–H and O–H groups in total. The van der Waals surface area contributed by atoms with Gasteiger partial charge in [-0.1, -0.05) is 32.0 Å². The summed E-state index contributed by atoms with van der Waals surface area (Å²) >= 11 is 0. The highest BCUT2D eigenvalue weighted by Crippen LogP contribution is 2.29. The van der Waals surface area contributed by atoms with E-state index in [1.165, 1.54) is 0 Å². The van der Waals surface area contributed by atoms with E-state index in [1.54, 1.807) is 12.1 Å². The van der Waals surface area contributed by atoms with E-state index in [0.29, 0.717) is 18.1 Å². The van der Waals surface area contributed by atoms with E-state index in [4.69, 9.17) is 14.3 Å². The molecule has 4 aromatic rings. The smallest absolute Gasteiger partial charge is 0.305 e. The molecule has 1 atom stereocenters. The van der Waals surface area contributed by atoms with E-state index in [0.717, 1.165) is 33.7 Å². The summed E-state index contributed by atoms with van der Waals surface area (Å²) < 4.78 is 12.0. The molecule has 36 heavy (non-hydrogen) atoms. The number of benzene rings is 3. The van der Waals surface area contributed by atoms with Gasteiger partial charge in [0, 0.05) is 28.7 Å². The van der Waals surface area contributed by atoms with Gasteiger partial charge in [0.15, 0.2) is 0 Å². The number of anilines is 1. The lowest BCUT2D eigenvalue weighted by molar-refractivity contribution is -0.136. The molecule has 0 spiro atoms. The first-order chi connectivity index (χ1) is 17.4. The number of carbonyl (C=O) groups excluding carboxylic acids is 1. The monoisotopic (exact) mass is 486 g/mol. The van der Waals surface area contributed by atoms with Crippen LogP contribution in [0.2, 0.25) is 0 Å². The summed E-state index contributed by atoms with van der Waals surface area (Å²) in [6, 6.07) is 25.0. The van der Waals surface area contributed by atoms with Crippen molar-refractivity contribution in [2.75, 3.05) is 18.5 Å². The van der Waals surface area contributed by atoms with Crippen LogP contribution in [0.1, 0.15) is 30.6 Å². The van der Waals surface area contributed by atoms with Crippen LogP contribution < -0.4 is 15.4 Å². The van der Waals surface area contributed by atoms with Crippen LogP contribution in [0.3, 0.4) is 0 Å². The largest absolute Gasteiger partial charge is 0.491 e. The van der Waals surface area contributed by atoms with E-state index in [2.05, 4.69) is 24.5 Å². The molecule has 7 nitrogen and oxygen atoms in total. The Morgan fingerprint density at radius 1 is 0.972 bits per heavy atom. The van der Waals surface area contributed by atoms with Crippen molar-refractivity contribution in [2.45, 2.75) is 26.3 Å². The van der Waals surface area contributed by atoms with Gasteiger partial charge in [-0.15, -0.1) is 0 Å². The molecule has 1 aromatic heterocycles. The number of rotatable bonds is 11. The minimum atomic E-state index is -0.945. The second-order valence-corrected chi connectivity index (χ2v) is 8.96. The lowest BCUT2D eigenvalue weighted by atomic mass is 10.0. The number of furan rings is 1. The third-order valence-electron chi connectivity index (χ3n) is 5.92. The van der Waals surface area contributed by atoms with Gasteiger partial charge in [0.1, 0.15) is 23.7 Å². The molecule has 7 heteroatoms. The van der Waals surface area contributed by atoms with Crippen molar-refractivity contribution in [2.24, 2.45) is 5.92 Å². The minimum Gasteiger partial charge on any atom is -0.491 e. The highest BCUT2D eigenvalue weighted by Gasteiger charge is 2.15. The van der Waals surface area contributed by atoms with E-state index in [1.807, 2.05) is 66.7 Å². The first kappa shape index (κ1) is 24.9. The van der Waals surface area contributed by atoms with Gasteiger partial charge in [0.05, 0.1) is 12.5 Å². The van der Waals surface area contributed by atoms with Crippen molar-refractivity contribution < 1.29 is 23.8 Å². The van der Waals surface area contributed by atoms with Crippen molar-refractivity contribution in [3.05, 3.63) is 84.4 Å². The summed E-state index contributed by atoms with van der Waals surface area (Å²) in [7, 11) is 0. The molecule has 0 saturated carbocycles. The Hall–Kier alpha value is -4.26. The Kier molecular flexibility index (Phi) is 7.90. The number of hydrogen-bond acceptors (Lipinski definition) is 5. The Morgan fingerprint density at radius 3 is 2.36 bits per heavy atom. The molecule has 1 amide bonds. The average Bonchev–Trinajstić information content (AvgIpc) is 3.31. The van der Waals surface area contributed by atoms with Gasteiger partial charge >= 0.3 is 5.97 Å². The second-order valence-electron chi connectivity index (χ2n) is 8.96. The minimum absolute atomic E-state index is 0.0512. The van der Waals surface area contributed by atoms with Gasteiger partial charge in [0.25, 0.3) is 5.91 Å². The lowest BCUT2D eigenvalue weighted by Gasteiger charge is -2.24. The van der Waals surface area contributed by atoms with Crippen LogP contribution in [-0.2, 0) is 4.79 Å². The first-order valence-corrected chi connectivity index (χ1v) is 12.0. The maximum atomic E-state index is 12.1. The molecule has 0 aliphatic rings. The zero-order chi connectivity index (χ0) is 25.5. The summed E-state index contributed by atoms with van der Waals surface area (Å²) in [4.78, 5) is 22.7. The van der Waals surface area contributed by atoms with Crippen LogP contribution in [-0.4, -0.2) is 36.2 Å². The number of ether oxygens (including phenoxy) is 1. The van der Waals surface area contributed by atoms with Gasteiger partial charge in [-0.3, -0.25) is 9.59 Å². The third kappa shape index (κ3) is 6.44. The lowest BCUT2D eigenvalue weighted by Crippen LogP contribution is -2.32. The quantitative estimate of drug-likeness (QED) is 0.247. The number of aliphatic carboxylic acids is 1. The molecule has 186 valence electrons. The van der Waals surface area contributed by atoms with Crippen molar-refractivity contribution in [3.8, 4) is 17.1 Å². The summed E-state index contributed by atoms with van der Waals surface area (Å²) in [5.74, 6) is 0.662. The molecule has 0 radical (unpaired) electrons. The molecule has 0 fully saturated rings. The maximum Gasteiger partial charge on any atom is 0.305 e. The molecular formula is C29H30N2O5. The Bertz CT molecular complexity index is 1280. The molecule has 0 bridgehead atoms. The van der Waals surface area contributed by atoms with Crippen LogP contribution in [0.5, 0.6) is 5.75 Å². The van der Waals surface area contributed by atoms with Crippen molar-refractivity contribution >= 4 is 28.5 Å². The predicted octanol–water partition coefficient (Wildman–Crippen LogP) is 5.82. The number of carbonyl (C=O) groups is 2. The van der Waals surface area contributed by atoms with Crippen molar-refractivity contribution in [1.29, 1.82) is 0 Å². The van der Waals surface area contributed by atoms with Crippen LogP contribution in [0.15, 0.2) is 83.3 Å². The normalized spacial score (nSPS) is 11.9. The zero-order valence-corrected chi connectivity index (χ0v) is 20.4. The zero-order valence-electron chi connectivity index (χ0n) is 20.4. The van der Waals surface area contributed by atoms with Crippen LogP contribution >= 0.6 is 0 Å². The highest BCUT2D eigenvalue weighted by atomic mass is 16.5. The number of nitrogens with one attached hydrogen (secondary N) is 2. The highest BCUT2D eigenvalue weighted by molar-refractivity contribution is 5.94. The Labute approximate surface area is 210 Å². The molecule has 0 aliphatic carbocycles. The third-order valence-corrected chi connectivity index (χ3v) is 5.92. The fourth-order valence-corrected chi connectivity index (χ4v) is 3.74. The van der Waals surface area contributed by atoms with E-state index < -0.39 is 5.97 Å². The van der Waals surface area contributed by atoms with Gasteiger partial charge in [-0.25, -0.2) is 0 Å². The van der Waals surface area contributed by atoms with E-state index in [9.17, 15) is 9.59 Å². The van der Waals surface area contributed by atoms with Crippen molar-refractivity contribution in [1.82, 2.24) is 5.32 Å². The number of fused-ring (bicyclic) bond motifs is 1. The average molecular weight is 487 g/mol. The predicted molar refractivity (Wildman–Crippen MR) is 140 cm³/mol. The van der Waals surface area contributed by atoms with Crippen molar-refractivity contribution in [3.63, 3.8) is 0 Å². The van der Waals surface area contributed by atoms with Crippen LogP contribution in [0.4, 0.5) is 5.69 Å². The number of carboxylic acid groups (broad SMARTS) is 1. The molecular weight excluding hydrogens is 456 g/mol. The molecule has 1 unspecified atom stereocenters. The van der Waals surface area contributed by atoms with E-state index >= 15 is 0 Å². The standard InChI is InChI=1S/C29H30N2O5/c1-19(2)25(31-23-11-7-21(8-12-23)29(34)30-16-15-28(32)33)18-35-24-13-9-20(10-14-24)27-17-22-5-3-4-6-26(22)36-27/h3-14,17,19,25,31H,15-16,18H2,1-2H3,(H,30,34)(H,32,33). The first-order valence-electron chi connectivity index (χ1n) is 12.0. The molecule has 0 aliphatic heterocycles. The number of hydrogen-bond donors (Lipinski definition) is 3.